The highest BCUT2D eigenvalue weighted by Gasteiger charge is 2.38. The number of esters is 4. The van der Waals surface area contributed by atoms with Gasteiger partial charge in [-0.05, 0) is 41.3 Å². The Kier molecular flexibility index (Phi) is 13.5. The molecule has 1 unspecified atom stereocenters. The molecule has 5 aromatic rings. The predicted octanol–water partition coefficient (Wildman–Crippen LogP) is 8.22. The molecule has 0 fully saturated rings. The summed E-state index contributed by atoms with van der Waals surface area (Å²) in [5.74, 6) is -5.17. The Morgan fingerprint density at radius 1 is 0.517 bits per heavy atom. The number of nitrogens with zero attached hydrogens (tertiary/aromatic N) is 1. The zero-order valence-corrected chi connectivity index (χ0v) is 31.6. The lowest BCUT2D eigenvalue weighted by molar-refractivity contribution is -0.122. The second kappa shape index (κ2) is 19.5. The summed E-state index contributed by atoms with van der Waals surface area (Å²) in [7, 11) is 0. The molecule has 0 saturated carbocycles. The Bertz CT molecular complexity index is 2320. The van der Waals surface area contributed by atoms with Gasteiger partial charge in [-0.1, -0.05) is 133 Å². The third kappa shape index (κ3) is 10.3. The van der Waals surface area contributed by atoms with E-state index in [1.165, 1.54) is 19.3 Å². The van der Waals surface area contributed by atoms with Gasteiger partial charge in [-0.15, -0.1) is 0 Å². The first kappa shape index (κ1) is 40.3. The van der Waals surface area contributed by atoms with Crippen LogP contribution in [0.1, 0.15) is 70.6 Å². The number of hydrogen-bond acceptors (Lipinski definition) is 11. The molecule has 0 amide bonds. The van der Waals surface area contributed by atoms with E-state index < -0.39 is 63.9 Å². The summed E-state index contributed by atoms with van der Waals surface area (Å²) in [6, 6.07) is 36.3. The van der Waals surface area contributed by atoms with E-state index in [2.05, 4.69) is 4.99 Å². The van der Waals surface area contributed by atoms with Gasteiger partial charge < -0.3 is 23.7 Å². The van der Waals surface area contributed by atoms with Gasteiger partial charge in [0.05, 0.1) is 11.1 Å². The Balaban J connectivity index is 1.53. The van der Waals surface area contributed by atoms with E-state index in [-0.39, 0.29) is 32.2 Å². The molecule has 1 aliphatic rings. The second-order valence-electron chi connectivity index (χ2n) is 13.2. The lowest BCUT2D eigenvalue weighted by Gasteiger charge is -2.26. The molecule has 0 bridgehead atoms. The molecule has 0 aliphatic carbocycles. The van der Waals surface area contributed by atoms with Crippen molar-refractivity contribution in [3.63, 3.8) is 0 Å². The van der Waals surface area contributed by atoms with E-state index in [4.69, 9.17) is 23.7 Å². The largest absolute Gasteiger partial charge is 0.490 e. The van der Waals surface area contributed by atoms with Crippen LogP contribution in [0, 0.1) is 5.41 Å². The molecule has 1 atom stereocenters. The van der Waals surface area contributed by atoms with Crippen molar-refractivity contribution >= 4 is 35.9 Å². The number of benzene rings is 5. The first-order chi connectivity index (χ1) is 28.2. The van der Waals surface area contributed by atoms with Gasteiger partial charge in [-0.25, -0.2) is 19.2 Å². The van der Waals surface area contributed by atoms with Crippen LogP contribution in [0.25, 0.3) is 0 Å². The van der Waals surface area contributed by atoms with Crippen LogP contribution < -0.4 is 4.74 Å². The van der Waals surface area contributed by atoms with Gasteiger partial charge in [-0.2, -0.15) is 0 Å². The van der Waals surface area contributed by atoms with Gasteiger partial charge in [-0.3, -0.25) is 9.79 Å². The van der Waals surface area contributed by atoms with Crippen molar-refractivity contribution in [2.24, 2.45) is 10.4 Å². The van der Waals surface area contributed by atoms with Gasteiger partial charge >= 0.3 is 23.9 Å². The number of hydrogen-bond donors (Lipinski definition) is 0. The molecule has 1 aliphatic heterocycles. The number of Topliss-reactive ketones (excluding diaryl/α,β-unsaturated/α-hetero) is 1. The summed E-state index contributed by atoms with van der Waals surface area (Å²) in [6.07, 6.45) is 7.65. The van der Waals surface area contributed by atoms with Crippen molar-refractivity contribution < 1.29 is 47.7 Å². The number of allylic oxidation sites excluding steroid dienone is 2. The molecule has 1 heterocycles. The third-order valence-corrected chi connectivity index (χ3v) is 9.07. The molecular weight excluding hydrogens is 739 g/mol. The van der Waals surface area contributed by atoms with Crippen LogP contribution in [-0.4, -0.2) is 42.5 Å². The van der Waals surface area contributed by atoms with Crippen LogP contribution >= 0.6 is 0 Å². The lowest BCUT2D eigenvalue weighted by atomic mass is 9.85. The van der Waals surface area contributed by atoms with Crippen LogP contribution in [0.4, 0.5) is 0 Å². The molecule has 0 N–H and O–H groups in total. The SMILES string of the molecule is CC(=O)C1(COc2c(C(=O)OCc3ccccc3)cc(C(=O)OCc3ccccc3)c(C(=O)OCc3ccccc3)c2C(=O)OCc2ccccc2)C=CC=CN=C1. The van der Waals surface area contributed by atoms with Crippen molar-refractivity contribution in [2.75, 3.05) is 6.61 Å². The Morgan fingerprint density at radius 3 is 1.38 bits per heavy atom. The molecule has 6 rings (SSSR count). The van der Waals surface area contributed by atoms with Crippen LogP contribution in [0.2, 0.25) is 0 Å². The van der Waals surface area contributed by atoms with Crippen LogP contribution in [0.5, 0.6) is 5.75 Å². The summed E-state index contributed by atoms with van der Waals surface area (Å²) in [5.41, 5.74) is -1.06. The van der Waals surface area contributed by atoms with Crippen molar-refractivity contribution in [1.82, 2.24) is 0 Å². The Morgan fingerprint density at radius 2 is 0.931 bits per heavy atom. The molecule has 58 heavy (non-hydrogen) atoms. The Labute approximate surface area is 335 Å². The zero-order chi connectivity index (χ0) is 40.7. The van der Waals surface area contributed by atoms with E-state index in [1.807, 2.05) is 0 Å². The quantitative estimate of drug-likeness (QED) is 0.0710. The van der Waals surface area contributed by atoms with E-state index in [0.29, 0.717) is 22.3 Å². The van der Waals surface area contributed by atoms with Crippen LogP contribution in [-0.2, 0) is 50.2 Å². The van der Waals surface area contributed by atoms with Gasteiger partial charge in [0.2, 0.25) is 0 Å². The lowest BCUT2D eigenvalue weighted by Crippen LogP contribution is -2.36. The average molecular weight is 778 g/mol. The summed E-state index contributed by atoms with van der Waals surface area (Å²) in [6.45, 7) is -0.0492. The topological polar surface area (TPSA) is 144 Å². The first-order valence-corrected chi connectivity index (χ1v) is 18.3. The van der Waals surface area contributed by atoms with Crippen LogP contribution in [0.3, 0.4) is 0 Å². The van der Waals surface area contributed by atoms with Crippen molar-refractivity contribution in [3.8, 4) is 5.75 Å². The minimum Gasteiger partial charge on any atom is -0.490 e. The molecule has 11 nitrogen and oxygen atoms in total. The fourth-order valence-corrected chi connectivity index (χ4v) is 5.86. The van der Waals surface area contributed by atoms with E-state index in [9.17, 15) is 24.0 Å². The smallest absolute Gasteiger partial charge is 0.343 e. The van der Waals surface area contributed by atoms with Gasteiger partial charge in [0.25, 0.3) is 0 Å². The van der Waals surface area contributed by atoms with E-state index >= 15 is 0 Å². The predicted molar refractivity (Wildman–Crippen MR) is 214 cm³/mol. The molecule has 0 spiro atoms. The molecule has 11 heteroatoms. The summed E-state index contributed by atoms with van der Waals surface area (Å²) >= 11 is 0. The fourth-order valence-electron chi connectivity index (χ4n) is 5.86. The van der Waals surface area contributed by atoms with E-state index in [0.717, 1.165) is 6.07 Å². The first-order valence-electron chi connectivity index (χ1n) is 18.3. The maximum Gasteiger partial charge on any atom is 0.343 e. The minimum absolute atomic E-state index is 0.194. The zero-order valence-electron chi connectivity index (χ0n) is 31.6. The number of carbonyl (C=O) groups excluding carboxylic acids is 5. The number of ether oxygens (including phenoxy) is 5. The van der Waals surface area contributed by atoms with Crippen molar-refractivity contribution in [1.29, 1.82) is 0 Å². The van der Waals surface area contributed by atoms with Crippen molar-refractivity contribution in [2.45, 2.75) is 33.4 Å². The van der Waals surface area contributed by atoms with Gasteiger partial charge in [0.15, 0.2) is 0 Å². The number of ketones is 1. The standard InChI is InChI=1S/C47H39NO10/c1-33(49)47(24-14-15-25-48-31-47)32-58-42-39(44(51)55-28-35-18-8-3-9-19-35)26-38(43(50)54-27-34-16-6-2-7-17-34)40(45(52)56-29-36-20-10-4-11-21-36)41(42)46(53)57-30-37-22-12-5-13-23-37/h2-26,31H,27-30,32H2,1H3. The molecule has 0 radical (unpaired) electrons. The van der Waals surface area contributed by atoms with Crippen LogP contribution in [0.15, 0.2) is 157 Å². The molecule has 0 aromatic heterocycles. The second-order valence-corrected chi connectivity index (χ2v) is 13.2. The summed E-state index contributed by atoms with van der Waals surface area (Å²) in [4.78, 5) is 74.7. The monoisotopic (exact) mass is 777 g/mol. The molecule has 5 aromatic carbocycles. The number of aliphatic imine (C=N–C) groups is 1. The molecule has 0 saturated heterocycles. The third-order valence-electron chi connectivity index (χ3n) is 9.07. The summed E-state index contributed by atoms with van der Waals surface area (Å²) in [5, 5.41) is 0. The average Bonchev–Trinajstić information content (AvgIpc) is 3.52. The normalized spacial score (nSPS) is 14.2. The number of rotatable bonds is 16. The highest BCUT2D eigenvalue weighted by molar-refractivity contribution is 6.14. The highest BCUT2D eigenvalue weighted by Crippen LogP contribution is 2.36. The highest BCUT2D eigenvalue weighted by atomic mass is 16.6. The van der Waals surface area contributed by atoms with Crippen molar-refractivity contribution in [3.05, 3.63) is 196 Å². The Hall–Kier alpha value is -7.40. The van der Waals surface area contributed by atoms with Gasteiger partial charge in [0, 0.05) is 12.4 Å². The summed E-state index contributed by atoms with van der Waals surface area (Å²) < 4.78 is 29.2. The fraction of sp³-hybridized carbons (Fsp3) is 0.149. The number of carbonyl (C=O) groups is 5. The van der Waals surface area contributed by atoms with E-state index in [1.54, 1.807) is 140 Å². The minimum atomic E-state index is -1.47. The molecule has 292 valence electrons. The maximum absolute atomic E-state index is 14.5. The van der Waals surface area contributed by atoms with Gasteiger partial charge in [0.1, 0.15) is 61.1 Å². The molecular formula is C47H39NO10. The maximum atomic E-state index is 14.5.